The zero-order chi connectivity index (χ0) is 21.5. The van der Waals surface area contributed by atoms with Crippen molar-refractivity contribution in [1.29, 1.82) is 0 Å². The molecule has 5 rings (SSSR count). The summed E-state index contributed by atoms with van der Waals surface area (Å²) in [6, 6.07) is 8.19. The van der Waals surface area contributed by atoms with Gasteiger partial charge in [0.05, 0.1) is 17.4 Å². The van der Waals surface area contributed by atoms with Crippen molar-refractivity contribution < 1.29 is 13.6 Å². The highest BCUT2D eigenvalue weighted by molar-refractivity contribution is 5.80. The molecule has 1 aliphatic heterocycles. The van der Waals surface area contributed by atoms with Crippen molar-refractivity contribution >= 4 is 28.8 Å². The lowest BCUT2D eigenvalue weighted by Gasteiger charge is -2.33. The quantitative estimate of drug-likeness (QED) is 0.473. The zero-order valence-corrected chi connectivity index (χ0v) is 16.9. The van der Waals surface area contributed by atoms with Crippen LogP contribution in [-0.4, -0.2) is 57.1 Å². The molecule has 31 heavy (non-hydrogen) atoms. The Morgan fingerprint density at radius 2 is 1.90 bits per heavy atom. The van der Waals surface area contributed by atoms with E-state index in [1.54, 1.807) is 34.7 Å². The number of amides is 1. The summed E-state index contributed by atoms with van der Waals surface area (Å²) in [6.45, 7) is 4.32. The van der Waals surface area contributed by atoms with E-state index in [1.165, 1.54) is 12.3 Å². The van der Waals surface area contributed by atoms with Crippen LogP contribution < -0.4 is 4.90 Å². The minimum atomic E-state index is -0.646. The van der Waals surface area contributed by atoms with Crippen LogP contribution in [0.5, 0.6) is 0 Å². The van der Waals surface area contributed by atoms with Crippen molar-refractivity contribution in [2.45, 2.75) is 12.8 Å². The smallest absolute Gasteiger partial charge is 0.209 e. The van der Waals surface area contributed by atoms with E-state index in [4.69, 9.17) is 5.10 Å². The van der Waals surface area contributed by atoms with E-state index in [-0.39, 0.29) is 16.5 Å². The topological polar surface area (TPSA) is 66.6 Å². The summed E-state index contributed by atoms with van der Waals surface area (Å²) in [7, 11) is 0. The van der Waals surface area contributed by atoms with Gasteiger partial charge in [0.25, 0.3) is 0 Å². The molecule has 0 aliphatic carbocycles. The van der Waals surface area contributed by atoms with Crippen molar-refractivity contribution in [2.24, 2.45) is 0 Å². The van der Waals surface area contributed by atoms with Gasteiger partial charge in [0.1, 0.15) is 17.5 Å². The van der Waals surface area contributed by atoms with E-state index in [9.17, 15) is 9.18 Å². The summed E-state index contributed by atoms with van der Waals surface area (Å²) in [5, 5.41) is 4.97. The summed E-state index contributed by atoms with van der Waals surface area (Å²) >= 11 is 0. The Labute approximate surface area is 176 Å². The molecule has 158 valence electrons. The molecule has 0 radical (unpaired) electrons. The first-order valence-electron chi connectivity index (χ1n) is 10.1. The van der Waals surface area contributed by atoms with Crippen LogP contribution >= 0.6 is 0 Å². The molecule has 1 saturated heterocycles. The third-order valence-electron chi connectivity index (χ3n) is 5.87. The Balaban J connectivity index is 1.55. The van der Waals surface area contributed by atoms with Gasteiger partial charge in [-0.25, -0.2) is 18.3 Å². The van der Waals surface area contributed by atoms with Gasteiger partial charge in [-0.1, -0.05) is 6.92 Å². The van der Waals surface area contributed by atoms with E-state index in [2.05, 4.69) is 14.9 Å². The zero-order valence-electron chi connectivity index (χ0n) is 16.9. The van der Waals surface area contributed by atoms with Crippen molar-refractivity contribution in [3.05, 3.63) is 65.6 Å². The second kappa shape index (κ2) is 7.57. The third kappa shape index (κ3) is 3.26. The standard InChI is InChI=1S/C22H20F2N6O/c1-14(21-16(23)11-17-15(22(21)24)3-2-6-25-17)18-12-26-19-4-5-20(27-30(18)19)29-9-7-28(13-31)8-10-29/h2-6,11-14H,7-10H2,1H3/t14-/m1/s1. The van der Waals surface area contributed by atoms with Crippen LogP contribution in [0.15, 0.2) is 42.7 Å². The number of piperazine rings is 1. The van der Waals surface area contributed by atoms with Crippen LogP contribution in [0, 0.1) is 11.6 Å². The molecular formula is C22H20F2N6O. The fourth-order valence-electron chi connectivity index (χ4n) is 4.11. The van der Waals surface area contributed by atoms with E-state index >= 15 is 4.39 Å². The van der Waals surface area contributed by atoms with Gasteiger partial charge in [0.15, 0.2) is 5.65 Å². The monoisotopic (exact) mass is 422 g/mol. The Bertz CT molecular complexity index is 1280. The molecule has 0 bridgehead atoms. The average molecular weight is 422 g/mol. The number of anilines is 1. The molecule has 1 atom stereocenters. The molecule has 7 nitrogen and oxygen atoms in total. The van der Waals surface area contributed by atoms with Crippen molar-refractivity contribution in [3.63, 3.8) is 0 Å². The summed E-state index contributed by atoms with van der Waals surface area (Å²) in [6.07, 6.45) is 3.97. The number of hydrogen-bond acceptors (Lipinski definition) is 5. The van der Waals surface area contributed by atoms with Crippen LogP contribution in [-0.2, 0) is 4.79 Å². The predicted octanol–water partition coefficient (Wildman–Crippen LogP) is 2.99. The highest BCUT2D eigenvalue weighted by Gasteiger charge is 2.25. The first-order valence-corrected chi connectivity index (χ1v) is 10.1. The maximum absolute atomic E-state index is 15.2. The number of imidazole rings is 1. The van der Waals surface area contributed by atoms with Gasteiger partial charge < -0.3 is 9.80 Å². The molecule has 1 aliphatic rings. The number of benzene rings is 1. The first kappa shape index (κ1) is 19.3. The predicted molar refractivity (Wildman–Crippen MR) is 112 cm³/mol. The lowest BCUT2D eigenvalue weighted by atomic mass is 9.95. The normalized spacial score (nSPS) is 15.6. The van der Waals surface area contributed by atoms with Gasteiger partial charge in [-0.3, -0.25) is 9.78 Å². The minimum absolute atomic E-state index is 0.0332. The molecule has 0 spiro atoms. The SMILES string of the molecule is C[C@@H](c1c(F)cc2ncccc2c1F)c1cnc2ccc(N3CCN(C=O)CC3)nn12. The lowest BCUT2D eigenvalue weighted by Crippen LogP contribution is -2.46. The lowest BCUT2D eigenvalue weighted by molar-refractivity contribution is -0.118. The van der Waals surface area contributed by atoms with Gasteiger partial charge in [-0.2, -0.15) is 0 Å². The molecule has 4 heterocycles. The number of halogens is 2. The molecule has 1 aromatic carbocycles. The van der Waals surface area contributed by atoms with Crippen molar-refractivity contribution in [2.75, 3.05) is 31.1 Å². The Kier molecular flexibility index (Phi) is 4.72. The molecule has 0 saturated carbocycles. The summed E-state index contributed by atoms with van der Waals surface area (Å²) < 4.78 is 31.8. The second-order valence-electron chi connectivity index (χ2n) is 7.65. The fraction of sp³-hybridized carbons (Fsp3) is 0.273. The molecule has 1 fully saturated rings. The van der Waals surface area contributed by atoms with Gasteiger partial charge >= 0.3 is 0 Å². The van der Waals surface area contributed by atoms with E-state index < -0.39 is 17.6 Å². The van der Waals surface area contributed by atoms with Gasteiger partial charge in [0, 0.05) is 55.3 Å². The molecule has 9 heteroatoms. The van der Waals surface area contributed by atoms with Gasteiger partial charge in [-0.15, -0.1) is 5.10 Å². The summed E-state index contributed by atoms with van der Waals surface area (Å²) in [5.74, 6) is -1.15. The number of carbonyl (C=O) groups is 1. The first-order chi connectivity index (χ1) is 15.1. The van der Waals surface area contributed by atoms with Crippen LogP contribution in [0.4, 0.5) is 14.6 Å². The Hall–Kier alpha value is -3.62. The van der Waals surface area contributed by atoms with Crippen LogP contribution in [0.2, 0.25) is 0 Å². The van der Waals surface area contributed by atoms with Gasteiger partial charge in [0.2, 0.25) is 6.41 Å². The maximum atomic E-state index is 15.2. The maximum Gasteiger partial charge on any atom is 0.209 e. The van der Waals surface area contributed by atoms with Crippen LogP contribution in [0.25, 0.3) is 16.6 Å². The molecular weight excluding hydrogens is 402 g/mol. The number of nitrogens with zero attached hydrogens (tertiary/aromatic N) is 6. The van der Waals surface area contributed by atoms with E-state index in [0.29, 0.717) is 37.5 Å². The molecule has 0 unspecified atom stereocenters. The molecule has 4 aromatic rings. The van der Waals surface area contributed by atoms with Gasteiger partial charge in [-0.05, 0) is 24.3 Å². The largest absolute Gasteiger partial charge is 0.352 e. The van der Waals surface area contributed by atoms with Crippen LogP contribution in [0.1, 0.15) is 24.1 Å². The fourth-order valence-corrected chi connectivity index (χ4v) is 4.11. The number of rotatable bonds is 4. The number of fused-ring (bicyclic) bond motifs is 2. The highest BCUT2D eigenvalue weighted by Crippen LogP contribution is 2.33. The summed E-state index contributed by atoms with van der Waals surface area (Å²) in [4.78, 5) is 23.2. The van der Waals surface area contributed by atoms with Crippen molar-refractivity contribution in [3.8, 4) is 0 Å². The number of aromatic nitrogens is 4. The number of pyridine rings is 1. The molecule has 0 N–H and O–H groups in total. The molecule has 1 amide bonds. The minimum Gasteiger partial charge on any atom is -0.352 e. The number of hydrogen-bond donors (Lipinski definition) is 0. The highest BCUT2D eigenvalue weighted by atomic mass is 19.1. The Morgan fingerprint density at radius 1 is 1.10 bits per heavy atom. The van der Waals surface area contributed by atoms with Crippen LogP contribution in [0.3, 0.4) is 0 Å². The second-order valence-corrected chi connectivity index (χ2v) is 7.65. The molecule has 3 aromatic heterocycles. The van der Waals surface area contributed by atoms with Crippen molar-refractivity contribution in [1.82, 2.24) is 24.5 Å². The van der Waals surface area contributed by atoms with E-state index in [0.717, 1.165) is 12.2 Å². The summed E-state index contributed by atoms with van der Waals surface area (Å²) in [5.41, 5.74) is 1.43. The van der Waals surface area contributed by atoms with E-state index in [1.807, 2.05) is 12.1 Å². The Morgan fingerprint density at radius 3 is 2.68 bits per heavy atom. The number of carbonyl (C=O) groups excluding carboxylic acids is 1. The average Bonchev–Trinajstić information content (AvgIpc) is 3.22. The third-order valence-corrected chi connectivity index (χ3v) is 5.87.